The van der Waals surface area contributed by atoms with Gasteiger partial charge in [-0.1, -0.05) is 17.7 Å². The molecule has 0 N–H and O–H groups in total. The van der Waals surface area contributed by atoms with E-state index in [0.29, 0.717) is 5.02 Å². The van der Waals surface area contributed by atoms with Crippen LogP contribution in [-0.2, 0) is 0 Å². The van der Waals surface area contributed by atoms with E-state index in [-0.39, 0.29) is 0 Å². The Balaban J connectivity index is 2.48. The van der Waals surface area contributed by atoms with Crippen molar-refractivity contribution in [3.05, 3.63) is 47.1 Å². The van der Waals surface area contributed by atoms with Crippen LogP contribution in [0.25, 0.3) is 16.6 Å². The van der Waals surface area contributed by atoms with Gasteiger partial charge in [-0.2, -0.15) is 5.10 Å². The molecule has 0 saturated carbocycles. The van der Waals surface area contributed by atoms with Gasteiger partial charge < -0.3 is 0 Å². The van der Waals surface area contributed by atoms with E-state index in [1.807, 2.05) is 32.0 Å². The number of benzene rings is 1. The Bertz CT molecular complexity index is 719. The third-order valence-electron chi connectivity index (χ3n) is 2.88. The van der Waals surface area contributed by atoms with Crippen molar-refractivity contribution in [2.75, 3.05) is 0 Å². The van der Waals surface area contributed by atoms with E-state index >= 15 is 0 Å². The van der Waals surface area contributed by atoms with Crippen LogP contribution < -0.4 is 0 Å². The second-order valence-corrected chi connectivity index (χ2v) is 4.62. The molecule has 2 heterocycles. The molecular weight excluding hydrogens is 248 g/mol. The molecule has 0 unspecified atom stereocenters. The van der Waals surface area contributed by atoms with Crippen LogP contribution in [0.15, 0.2) is 30.9 Å². The van der Waals surface area contributed by atoms with Gasteiger partial charge in [0.15, 0.2) is 0 Å². The zero-order chi connectivity index (χ0) is 12.7. The van der Waals surface area contributed by atoms with Gasteiger partial charge in [0.25, 0.3) is 0 Å². The maximum atomic E-state index is 6.30. The Morgan fingerprint density at radius 2 is 2.06 bits per heavy atom. The highest BCUT2D eigenvalue weighted by atomic mass is 35.5. The van der Waals surface area contributed by atoms with Crippen molar-refractivity contribution in [2.24, 2.45) is 0 Å². The van der Waals surface area contributed by atoms with Crippen molar-refractivity contribution in [3.63, 3.8) is 0 Å². The van der Waals surface area contributed by atoms with E-state index in [0.717, 1.165) is 27.8 Å². The first-order valence-electron chi connectivity index (χ1n) is 5.58. The maximum Gasteiger partial charge on any atom is 0.138 e. The van der Waals surface area contributed by atoms with Crippen molar-refractivity contribution in [3.8, 4) is 5.69 Å². The highest BCUT2D eigenvalue weighted by Crippen LogP contribution is 2.30. The molecule has 0 radical (unpaired) electrons. The fourth-order valence-corrected chi connectivity index (χ4v) is 2.30. The molecule has 3 rings (SSSR count). The molecular formula is C13H11ClN4. The molecule has 0 spiro atoms. The van der Waals surface area contributed by atoms with Crippen molar-refractivity contribution >= 4 is 22.5 Å². The topological polar surface area (TPSA) is 43.6 Å². The van der Waals surface area contributed by atoms with Crippen LogP contribution in [0.3, 0.4) is 0 Å². The number of halogens is 1. The Kier molecular flexibility index (Phi) is 2.52. The quantitative estimate of drug-likeness (QED) is 0.674. The lowest BCUT2D eigenvalue weighted by Crippen LogP contribution is -1.99. The number of aryl methyl sites for hydroxylation is 2. The monoisotopic (exact) mass is 258 g/mol. The number of rotatable bonds is 1. The number of nitrogens with zero attached hydrogens (tertiary/aromatic N) is 4. The zero-order valence-corrected chi connectivity index (χ0v) is 10.8. The van der Waals surface area contributed by atoms with Crippen molar-refractivity contribution < 1.29 is 0 Å². The van der Waals surface area contributed by atoms with Gasteiger partial charge in [0.2, 0.25) is 0 Å². The molecule has 5 heteroatoms. The number of fused-ring (bicyclic) bond motifs is 1. The van der Waals surface area contributed by atoms with Gasteiger partial charge in [-0.3, -0.25) is 4.98 Å². The number of hydrogen-bond acceptors (Lipinski definition) is 3. The average Bonchev–Trinajstić information content (AvgIpc) is 2.86. The molecule has 0 aliphatic heterocycles. The molecule has 18 heavy (non-hydrogen) atoms. The maximum absolute atomic E-state index is 6.30. The Labute approximate surface area is 109 Å². The number of pyridine rings is 1. The predicted octanol–water partition coefficient (Wildman–Crippen LogP) is 3.09. The lowest BCUT2D eigenvalue weighted by molar-refractivity contribution is 0.882. The summed E-state index contributed by atoms with van der Waals surface area (Å²) >= 11 is 6.30. The molecule has 2 aromatic heterocycles. The first-order chi connectivity index (χ1) is 8.66. The molecule has 4 nitrogen and oxygen atoms in total. The fourth-order valence-electron chi connectivity index (χ4n) is 2.05. The van der Waals surface area contributed by atoms with Gasteiger partial charge >= 0.3 is 0 Å². The van der Waals surface area contributed by atoms with Gasteiger partial charge in [0.1, 0.15) is 12.7 Å². The van der Waals surface area contributed by atoms with Crippen LogP contribution in [0, 0.1) is 13.8 Å². The predicted molar refractivity (Wildman–Crippen MR) is 71.1 cm³/mol. The Morgan fingerprint density at radius 1 is 1.22 bits per heavy atom. The van der Waals surface area contributed by atoms with E-state index in [4.69, 9.17) is 11.6 Å². The van der Waals surface area contributed by atoms with E-state index in [2.05, 4.69) is 15.1 Å². The number of hydrogen-bond donors (Lipinski definition) is 0. The van der Waals surface area contributed by atoms with Gasteiger partial charge in [-0.25, -0.2) is 9.67 Å². The summed E-state index contributed by atoms with van der Waals surface area (Å²) in [5, 5.41) is 5.75. The second kappa shape index (κ2) is 4.07. The minimum atomic E-state index is 0.675. The lowest BCUT2D eigenvalue weighted by Gasteiger charge is -2.10. The van der Waals surface area contributed by atoms with Crippen LogP contribution in [0.4, 0.5) is 0 Å². The van der Waals surface area contributed by atoms with Gasteiger partial charge in [0, 0.05) is 11.1 Å². The standard InChI is InChI=1S/C13H11ClN4/c1-8-3-4-10(14)12-11(18-7-15-6-16-18)5-9(2)17-13(8)12/h3-7H,1-2H3. The molecule has 0 atom stereocenters. The van der Waals surface area contributed by atoms with E-state index in [9.17, 15) is 0 Å². The minimum Gasteiger partial charge on any atom is -0.253 e. The van der Waals surface area contributed by atoms with Crippen LogP contribution in [0.2, 0.25) is 5.02 Å². The Morgan fingerprint density at radius 3 is 2.78 bits per heavy atom. The summed E-state index contributed by atoms with van der Waals surface area (Å²) in [6.45, 7) is 3.98. The van der Waals surface area contributed by atoms with Crippen LogP contribution >= 0.6 is 11.6 Å². The molecule has 1 aromatic carbocycles. The number of aromatic nitrogens is 4. The highest BCUT2D eigenvalue weighted by Gasteiger charge is 2.11. The van der Waals surface area contributed by atoms with Crippen molar-refractivity contribution in [1.82, 2.24) is 19.7 Å². The normalized spacial score (nSPS) is 11.1. The molecule has 0 amide bonds. The average molecular weight is 259 g/mol. The SMILES string of the molecule is Cc1cc(-n2cncn2)c2c(Cl)ccc(C)c2n1. The van der Waals surface area contributed by atoms with Crippen molar-refractivity contribution in [1.29, 1.82) is 0 Å². The van der Waals surface area contributed by atoms with Crippen molar-refractivity contribution in [2.45, 2.75) is 13.8 Å². The van der Waals surface area contributed by atoms with Crippen LogP contribution in [-0.4, -0.2) is 19.7 Å². The summed E-state index contributed by atoms with van der Waals surface area (Å²) in [5.74, 6) is 0. The largest absolute Gasteiger partial charge is 0.253 e. The van der Waals surface area contributed by atoms with Crippen LogP contribution in [0.1, 0.15) is 11.3 Å². The van der Waals surface area contributed by atoms with E-state index in [1.165, 1.54) is 6.33 Å². The molecule has 3 aromatic rings. The van der Waals surface area contributed by atoms with E-state index < -0.39 is 0 Å². The second-order valence-electron chi connectivity index (χ2n) is 4.21. The molecule has 0 fully saturated rings. The zero-order valence-electron chi connectivity index (χ0n) is 10.1. The summed E-state index contributed by atoms with van der Waals surface area (Å²) < 4.78 is 1.71. The summed E-state index contributed by atoms with van der Waals surface area (Å²) in [5.41, 5.74) is 3.84. The van der Waals surface area contributed by atoms with E-state index in [1.54, 1.807) is 11.0 Å². The van der Waals surface area contributed by atoms with Gasteiger partial charge in [-0.05, 0) is 31.5 Å². The minimum absolute atomic E-state index is 0.675. The first-order valence-corrected chi connectivity index (χ1v) is 5.96. The lowest BCUT2D eigenvalue weighted by atomic mass is 10.1. The van der Waals surface area contributed by atoms with Gasteiger partial charge in [0.05, 0.1) is 16.2 Å². The molecule has 0 bridgehead atoms. The summed E-state index contributed by atoms with van der Waals surface area (Å²) in [6, 6.07) is 5.82. The summed E-state index contributed by atoms with van der Waals surface area (Å²) in [7, 11) is 0. The third-order valence-corrected chi connectivity index (χ3v) is 3.20. The highest BCUT2D eigenvalue weighted by molar-refractivity contribution is 6.36. The molecule has 0 saturated heterocycles. The summed E-state index contributed by atoms with van der Waals surface area (Å²) in [4.78, 5) is 8.54. The molecule has 0 aliphatic carbocycles. The Hall–Kier alpha value is -1.94. The fraction of sp³-hybridized carbons (Fsp3) is 0.154. The first kappa shape index (κ1) is 11.2. The summed E-state index contributed by atoms with van der Waals surface area (Å²) in [6.07, 6.45) is 3.16. The molecule has 90 valence electrons. The molecule has 0 aliphatic rings. The van der Waals surface area contributed by atoms with Crippen LogP contribution in [0.5, 0.6) is 0 Å². The third kappa shape index (κ3) is 1.66. The smallest absolute Gasteiger partial charge is 0.138 e. The van der Waals surface area contributed by atoms with Gasteiger partial charge in [-0.15, -0.1) is 0 Å².